The Morgan fingerprint density at radius 1 is 1.03 bits per heavy atom. The lowest BCUT2D eigenvalue weighted by Gasteiger charge is -2.21. The van der Waals surface area contributed by atoms with Crippen LogP contribution in [0, 0.1) is 11.3 Å². The van der Waals surface area contributed by atoms with Crippen molar-refractivity contribution in [3.63, 3.8) is 0 Å². The fourth-order valence-electron chi connectivity index (χ4n) is 3.92. The number of carbonyl (C=O) groups is 2. The van der Waals surface area contributed by atoms with Crippen molar-refractivity contribution in [3.8, 4) is 6.07 Å². The van der Waals surface area contributed by atoms with Gasteiger partial charge in [-0.2, -0.15) is 5.26 Å². The maximum Gasteiger partial charge on any atom is 0.338 e. The first kappa shape index (κ1) is 26.4. The van der Waals surface area contributed by atoms with Gasteiger partial charge in [0.2, 0.25) is 10.0 Å². The second-order valence-corrected chi connectivity index (χ2v) is 11.6. The molecule has 0 radical (unpaired) electrons. The lowest BCUT2D eigenvalue weighted by molar-refractivity contribution is -0.125. The lowest BCUT2D eigenvalue weighted by atomic mass is 9.87. The van der Waals surface area contributed by atoms with Crippen LogP contribution in [-0.2, 0) is 31.5 Å². The number of nitriles is 1. The summed E-state index contributed by atoms with van der Waals surface area (Å²) >= 11 is 0. The largest absolute Gasteiger partial charge is 0.452 e. The zero-order chi connectivity index (χ0) is 25.7. The first-order valence-corrected chi connectivity index (χ1v) is 13.0. The van der Waals surface area contributed by atoms with Gasteiger partial charge in [-0.1, -0.05) is 45.0 Å². The van der Waals surface area contributed by atoms with Crippen molar-refractivity contribution in [1.29, 1.82) is 5.26 Å². The number of nitrogens with one attached hydrogen (secondary N) is 2. The molecule has 2 N–H and O–H groups in total. The molecule has 1 saturated carbocycles. The molecular weight excluding hydrogens is 466 g/mol. The minimum Gasteiger partial charge on any atom is -0.452 e. The average Bonchev–Trinajstić information content (AvgIpc) is 3.30. The molecule has 0 unspecified atom stereocenters. The van der Waals surface area contributed by atoms with Crippen molar-refractivity contribution >= 4 is 21.9 Å². The van der Waals surface area contributed by atoms with Crippen molar-refractivity contribution in [2.24, 2.45) is 0 Å². The summed E-state index contributed by atoms with van der Waals surface area (Å²) in [5.74, 6) is -1.19. The third-order valence-electron chi connectivity index (χ3n) is 6.07. The molecule has 0 spiro atoms. The first-order valence-electron chi connectivity index (χ1n) is 11.5. The molecule has 3 rings (SSSR count). The number of rotatable bonds is 8. The maximum absolute atomic E-state index is 12.6. The predicted molar refractivity (Wildman–Crippen MR) is 131 cm³/mol. The number of sulfonamides is 1. The van der Waals surface area contributed by atoms with Crippen LogP contribution in [0.3, 0.4) is 0 Å². The van der Waals surface area contributed by atoms with Crippen molar-refractivity contribution in [2.75, 3.05) is 6.61 Å². The molecule has 1 fully saturated rings. The van der Waals surface area contributed by atoms with Gasteiger partial charge in [-0.05, 0) is 66.5 Å². The first-order chi connectivity index (χ1) is 16.4. The SMILES string of the molecule is CC(C)(C)c1ccc(S(=O)(=O)NCc2ccc(C(=O)OCC(=O)NC3(C#N)CCCC3)cc2)cc1. The van der Waals surface area contributed by atoms with E-state index in [1.165, 1.54) is 12.1 Å². The number of benzene rings is 2. The van der Waals surface area contributed by atoms with E-state index < -0.39 is 34.0 Å². The van der Waals surface area contributed by atoms with Crippen LogP contribution in [0.5, 0.6) is 0 Å². The number of hydrogen-bond donors (Lipinski definition) is 2. The summed E-state index contributed by atoms with van der Waals surface area (Å²) in [4.78, 5) is 24.6. The highest BCUT2D eigenvalue weighted by Crippen LogP contribution is 2.28. The smallest absolute Gasteiger partial charge is 0.338 e. The van der Waals surface area contributed by atoms with E-state index in [9.17, 15) is 23.3 Å². The third kappa shape index (κ3) is 6.90. The highest BCUT2D eigenvalue weighted by atomic mass is 32.2. The van der Waals surface area contributed by atoms with Crippen molar-refractivity contribution in [2.45, 2.75) is 68.8 Å². The van der Waals surface area contributed by atoms with Crippen molar-refractivity contribution in [1.82, 2.24) is 10.0 Å². The summed E-state index contributed by atoms with van der Waals surface area (Å²) in [7, 11) is -3.69. The van der Waals surface area contributed by atoms with Crippen LogP contribution in [0.25, 0.3) is 0 Å². The van der Waals surface area contributed by atoms with Gasteiger partial charge < -0.3 is 10.1 Å². The summed E-state index contributed by atoms with van der Waals surface area (Å²) in [6.07, 6.45) is 2.94. The molecule has 0 saturated heterocycles. The standard InChI is InChI=1S/C26H31N3O5S/c1-25(2,3)21-10-12-22(13-11-21)35(32,33)28-16-19-6-8-20(9-7-19)24(31)34-17-23(30)29-26(18-27)14-4-5-15-26/h6-13,28H,4-5,14-17H2,1-3H3,(H,29,30). The molecule has 8 nitrogen and oxygen atoms in total. The number of nitrogens with zero attached hydrogens (tertiary/aromatic N) is 1. The number of hydrogen-bond acceptors (Lipinski definition) is 6. The van der Waals surface area contributed by atoms with Gasteiger partial charge in [0.25, 0.3) is 5.91 Å². The van der Waals surface area contributed by atoms with Gasteiger partial charge in [-0.25, -0.2) is 17.9 Å². The summed E-state index contributed by atoms with van der Waals surface area (Å²) in [6.45, 7) is 5.75. The molecule has 0 aromatic heterocycles. The van der Waals surface area contributed by atoms with Crippen LogP contribution >= 0.6 is 0 Å². The quantitative estimate of drug-likeness (QED) is 0.537. The van der Waals surface area contributed by atoms with E-state index in [1.54, 1.807) is 24.3 Å². The van der Waals surface area contributed by atoms with E-state index in [2.05, 4.69) is 36.9 Å². The Kier molecular flexibility index (Phi) is 7.98. The molecule has 1 aliphatic rings. The Bertz CT molecular complexity index is 1200. The second-order valence-electron chi connectivity index (χ2n) is 9.82. The number of carbonyl (C=O) groups excluding carboxylic acids is 2. The van der Waals surface area contributed by atoms with Crippen LogP contribution < -0.4 is 10.0 Å². The van der Waals surface area contributed by atoms with Gasteiger partial charge in [-0.15, -0.1) is 0 Å². The molecule has 0 heterocycles. The van der Waals surface area contributed by atoms with Gasteiger partial charge in [0.15, 0.2) is 6.61 Å². The highest BCUT2D eigenvalue weighted by Gasteiger charge is 2.35. The van der Waals surface area contributed by atoms with E-state index in [4.69, 9.17) is 4.74 Å². The molecule has 0 bridgehead atoms. The molecule has 1 aliphatic carbocycles. The third-order valence-corrected chi connectivity index (χ3v) is 7.49. The monoisotopic (exact) mass is 497 g/mol. The highest BCUT2D eigenvalue weighted by molar-refractivity contribution is 7.89. The molecule has 35 heavy (non-hydrogen) atoms. The van der Waals surface area contributed by atoms with Gasteiger partial charge in [0, 0.05) is 6.54 Å². The Hall–Kier alpha value is -3.22. The Morgan fingerprint density at radius 2 is 1.63 bits per heavy atom. The van der Waals surface area contributed by atoms with E-state index in [0.717, 1.165) is 18.4 Å². The summed E-state index contributed by atoms with van der Waals surface area (Å²) in [5, 5.41) is 12.0. The molecule has 2 aromatic carbocycles. The Balaban J connectivity index is 1.51. The van der Waals surface area contributed by atoms with Gasteiger partial charge in [0.05, 0.1) is 16.5 Å². The van der Waals surface area contributed by atoms with E-state index in [-0.39, 0.29) is 22.4 Å². The second kappa shape index (κ2) is 10.6. The summed E-state index contributed by atoms with van der Waals surface area (Å²) in [6, 6.07) is 15.2. The predicted octanol–water partition coefficient (Wildman–Crippen LogP) is 3.57. The van der Waals surface area contributed by atoms with Crippen molar-refractivity contribution < 1.29 is 22.7 Å². The molecule has 0 atom stereocenters. The van der Waals surface area contributed by atoms with Crippen LogP contribution in [0.4, 0.5) is 0 Å². The van der Waals surface area contributed by atoms with Crippen molar-refractivity contribution in [3.05, 3.63) is 65.2 Å². The van der Waals surface area contributed by atoms with Gasteiger partial charge in [-0.3, -0.25) is 4.79 Å². The number of esters is 1. The van der Waals surface area contributed by atoms with E-state index in [0.29, 0.717) is 18.4 Å². The lowest BCUT2D eigenvalue weighted by Crippen LogP contribution is -2.46. The normalized spacial score (nSPS) is 15.3. The zero-order valence-electron chi connectivity index (χ0n) is 20.3. The molecular formula is C26H31N3O5S. The van der Waals surface area contributed by atoms with Crippen LogP contribution in [0.1, 0.15) is 67.9 Å². The van der Waals surface area contributed by atoms with Crippen LogP contribution in [0.2, 0.25) is 0 Å². The molecule has 0 aliphatic heterocycles. The van der Waals surface area contributed by atoms with E-state index in [1.807, 2.05) is 12.1 Å². The maximum atomic E-state index is 12.6. The average molecular weight is 498 g/mol. The minimum atomic E-state index is -3.69. The number of amides is 1. The molecule has 186 valence electrons. The molecule has 1 amide bonds. The molecule has 2 aromatic rings. The summed E-state index contributed by atoms with van der Waals surface area (Å²) in [5.41, 5.74) is 0.994. The van der Waals surface area contributed by atoms with Crippen LogP contribution in [0.15, 0.2) is 53.4 Å². The zero-order valence-corrected chi connectivity index (χ0v) is 21.1. The fourth-order valence-corrected chi connectivity index (χ4v) is 4.93. The van der Waals surface area contributed by atoms with Crippen LogP contribution in [-0.4, -0.2) is 32.4 Å². The minimum absolute atomic E-state index is 0.0529. The Labute approximate surface area is 206 Å². The van der Waals surface area contributed by atoms with Gasteiger partial charge >= 0.3 is 5.97 Å². The fraction of sp³-hybridized carbons (Fsp3) is 0.423. The summed E-state index contributed by atoms with van der Waals surface area (Å²) < 4.78 is 32.9. The topological polar surface area (TPSA) is 125 Å². The Morgan fingerprint density at radius 3 is 2.17 bits per heavy atom. The van der Waals surface area contributed by atoms with E-state index >= 15 is 0 Å². The number of ether oxygens (including phenoxy) is 1. The van der Waals surface area contributed by atoms with Gasteiger partial charge in [0.1, 0.15) is 5.54 Å². The molecule has 9 heteroatoms.